The molecule has 0 aliphatic heterocycles. The second kappa shape index (κ2) is 8.90. The highest BCUT2D eigenvalue weighted by Gasteiger charge is 2.15. The number of hydrogen-bond donors (Lipinski definition) is 0. The average Bonchev–Trinajstić information content (AvgIpc) is 2.96. The largest absolute Gasteiger partial charge is 0.246 e. The average molecular weight is 473 g/mol. The summed E-state index contributed by atoms with van der Waals surface area (Å²) in [5, 5.41) is 16.3. The molecule has 0 spiro atoms. The van der Waals surface area contributed by atoms with Crippen LogP contribution in [-0.2, 0) is 0 Å². The van der Waals surface area contributed by atoms with Crippen LogP contribution in [0.4, 0.5) is 0 Å². The molecular weight excluding hydrogens is 448 g/mol. The molecule has 0 N–H and O–H groups in total. The molecule has 37 heavy (non-hydrogen) atoms. The van der Waals surface area contributed by atoms with Gasteiger partial charge in [-0.1, -0.05) is 117 Å². The van der Waals surface area contributed by atoms with Crippen molar-refractivity contribution in [3.05, 3.63) is 127 Å². The first kappa shape index (κ1) is 22.5. The fraction of sp³-hybridized carbons (Fsp3) is 0.0286. The van der Waals surface area contributed by atoms with Crippen molar-refractivity contribution in [2.75, 3.05) is 0 Å². The fourth-order valence-corrected chi connectivity index (χ4v) is 5.32. The topological polar surface area (TPSA) is 36.7 Å². The summed E-state index contributed by atoms with van der Waals surface area (Å²) in [5.41, 5.74) is 7.20. The maximum atomic E-state index is 9.30. The lowest BCUT2D eigenvalue weighted by Gasteiger charge is -2.15. The molecule has 0 radical (unpaired) electrons. The predicted molar refractivity (Wildman–Crippen MR) is 157 cm³/mol. The summed E-state index contributed by atoms with van der Waals surface area (Å²) in [7, 11) is 0. The minimum Gasteiger partial charge on any atom is -0.246 e. The Kier molecular flexibility index (Phi) is 5.40. The molecule has 2 heteroatoms. The van der Waals surface area contributed by atoms with Crippen LogP contribution in [0.3, 0.4) is 0 Å². The van der Waals surface area contributed by atoms with Crippen molar-refractivity contribution in [2.45, 2.75) is 7.43 Å². The molecule has 0 amide bonds. The van der Waals surface area contributed by atoms with Crippen LogP contribution in [0.5, 0.6) is 0 Å². The number of aromatic nitrogens is 1. The molecule has 6 aromatic carbocycles. The Bertz CT molecular complexity index is 1900. The minimum atomic E-state index is 0. The van der Waals surface area contributed by atoms with Gasteiger partial charge in [-0.2, -0.15) is 5.26 Å². The molecule has 0 atom stereocenters. The van der Waals surface area contributed by atoms with Gasteiger partial charge in [0, 0.05) is 27.1 Å². The SMILES string of the molecule is C.N#Cc1cccc(-c2ccc(-c3c4ccc5ccccc5c4nc4c3ccc3ccccc34)cc2)c1. The van der Waals surface area contributed by atoms with E-state index in [9.17, 15) is 5.26 Å². The lowest BCUT2D eigenvalue weighted by Crippen LogP contribution is -1.92. The lowest BCUT2D eigenvalue weighted by molar-refractivity contribution is 1.48. The zero-order valence-corrected chi connectivity index (χ0v) is 19.4. The van der Waals surface area contributed by atoms with Crippen molar-refractivity contribution in [1.82, 2.24) is 4.98 Å². The number of fused-ring (bicyclic) bond motifs is 6. The van der Waals surface area contributed by atoms with Crippen LogP contribution in [0.25, 0.3) is 65.6 Å². The van der Waals surface area contributed by atoms with E-state index in [2.05, 4.69) is 103 Å². The second-order valence-electron chi connectivity index (χ2n) is 9.12. The number of pyridine rings is 1. The Hall–Kier alpha value is -5.00. The number of nitriles is 1. The van der Waals surface area contributed by atoms with Crippen LogP contribution in [0.15, 0.2) is 121 Å². The first-order chi connectivity index (χ1) is 17.8. The van der Waals surface area contributed by atoms with Gasteiger partial charge in [-0.05, 0) is 39.6 Å². The van der Waals surface area contributed by atoms with Crippen LogP contribution < -0.4 is 0 Å². The van der Waals surface area contributed by atoms with Crippen molar-refractivity contribution >= 4 is 43.4 Å². The van der Waals surface area contributed by atoms with Gasteiger partial charge in [0.2, 0.25) is 0 Å². The minimum absolute atomic E-state index is 0. The molecular formula is C35H24N2. The summed E-state index contributed by atoms with van der Waals surface area (Å²) in [5.74, 6) is 0. The molecule has 2 nitrogen and oxygen atoms in total. The third-order valence-electron chi connectivity index (χ3n) is 7.06. The number of rotatable bonds is 2. The lowest BCUT2D eigenvalue weighted by atomic mass is 9.91. The van der Waals surface area contributed by atoms with Crippen LogP contribution >= 0.6 is 0 Å². The normalized spacial score (nSPS) is 11.0. The molecule has 1 heterocycles. The highest BCUT2D eigenvalue weighted by Crippen LogP contribution is 2.40. The van der Waals surface area contributed by atoms with Crippen molar-refractivity contribution in [1.29, 1.82) is 5.26 Å². The Balaban J connectivity index is 0.00000252. The number of hydrogen-bond acceptors (Lipinski definition) is 2. The van der Waals surface area contributed by atoms with Crippen LogP contribution in [0.1, 0.15) is 13.0 Å². The van der Waals surface area contributed by atoms with Gasteiger partial charge in [0.25, 0.3) is 0 Å². The summed E-state index contributed by atoms with van der Waals surface area (Å²) < 4.78 is 0. The zero-order chi connectivity index (χ0) is 24.1. The van der Waals surface area contributed by atoms with E-state index in [4.69, 9.17) is 4.98 Å². The maximum Gasteiger partial charge on any atom is 0.0991 e. The van der Waals surface area contributed by atoms with Crippen molar-refractivity contribution in [3.8, 4) is 28.3 Å². The van der Waals surface area contributed by atoms with Gasteiger partial charge < -0.3 is 0 Å². The molecule has 1 aromatic heterocycles. The van der Waals surface area contributed by atoms with E-state index in [0.717, 1.165) is 49.3 Å². The first-order valence-corrected chi connectivity index (χ1v) is 12.0. The molecule has 0 fully saturated rings. The number of nitrogens with zero attached hydrogens (tertiary/aromatic N) is 2. The molecule has 7 rings (SSSR count). The summed E-state index contributed by atoms with van der Waals surface area (Å²) in [4.78, 5) is 5.27. The van der Waals surface area contributed by atoms with Crippen LogP contribution in [0.2, 0.25) is 0 Å². The molecule has 0 bridgehead atoms. The first-order valence-electron chi connectivity index (χ1n) is 12.0. The standard InChI is InChI=1S/C34H20N2.CH4/c35-21-22-6-5-9-27(20-22)23-12-14-26(15-13-23)32-30-18-16-24-7-1-3-10-28(24)33(30)36-34-29-11-4-2-8-25(29)17-19-31(32)34;/h1-20H;1H4. The summed E-state index contributed by atoms with van der Waals surface area (Å²) in [6.07, 6.45) is 0. The highest BCUT2D eigenvalue weighted by molar-refractivity contribution is 6.21. The molecule has 0 aliphatic rings. The zero-order valence-electron chi connectivity index (χ0n) is 19.4. The van der Waals surface area contributed by atoms with E-state index < -0.39 is 0 Å². The molecule has 0 aliphatic carbocycles. The van der Waals surface area contributed by atoms with E-state index in [1.807, 2.05) is 24.3 Å². The molecule has 0 saturated heterocycles. The van der Waals surface area contributed by atoms with Gasteiger partial charge in [0.15, 0.2) is 0 Å². The van der Waals surface area contributed by atoms with Gasteiger partial charge in [-0.3, -0.25) is 0 Å². The molecule has 7 aromatic rings. The van der Waals surface area contributed by atoms with Gasteiger partial charge in [-0.15, -0.1) is 0 Å². The van der Waals surface area contributed by atoms with Gasteiger partial charge in [-0.25, -0.2) is 4.98 Å². The summed E-state index contributed by atoms with van der Waals surface area (Å²) in [6, 6.07) is 44.4. The van der Waals surface area contributed by atoms with E-state index in [1.54, 1.807) is 0 Å². The highest BCUT2D eigenvalue weighted by atomic mass is 14.7. The Labute approximate surface area is 216 Å². The van der Waals surface area contributed by atoms with Gasteiger partial charge >= 0.3 is 0 Å². The molecule has 174 valence electrons. The van der Waals surface area contributed by atoms with Crippen molar-refractivity contribution in [3.63, 3.8) is 0 Å². The molecule has 0 saturated carbocycles. The van der Waals surface area contributed by atoms with Crippen molar-refractivity contribution in [2.24, 2.45) is 0 Å². The molecule has 0 unspecified atom stereocenters. The van der Waals surface area contributed by atoms with E-state index in [1.165, 1.54) is 16.3 Å². The maximum absolute atomic E-state index is 9.30. The third kappa shape index (κ3) is 3.61. The Morgan fingerprint density at radius 3 is 1.65 bits per heavy atom. The van der Waals surface area contributed by atoms with Crippen molar-refractivity contribution < 1.29 is 0 Å². The summed E-state index contributed by atoms with van der Waals surface area (Å²) in [6.45, 7) is 0. The predicted octanol–water partition coefficient (Wildman–Crippen LogP) is 9.54. The van der Waals surface area contributed by atoms with Gasteiger partial charge in [0.05, 0.1) is 22.7 Å². The van der Waals surface area contributed by atoms with E-state index in [0.29, 0.717) is 5.56 Å². The second-order valence-corrected chi connectivity index (χ2v) is 9.12. The number of benzene rings is 6. The van der Waals surface area contributed by atoms with Crippen LogP contribution in [0, 0.1) is 11.3 Å². The van der Waals surface area contributed by atoms with E-state index >= 15 is 0 Å². The fourth-order valence-electron chi connectivity index (χ4n) is 5.32. The third-order valence-corrected chi connectivity index (χ3v) is 7.06. The summed E-state index contributed by atoms with van der Waals surface area (Å²) >= 11 is 0. The van der Waals surface area contributed by atoms with Crippen LogP contribution in [-0.4, -0.2) is 4.98 Å². The quantitative estimate of drug-likeness (QED) is 0.185. The monoisotopic (exact) mass is 472 g/mol. The Morgan fingerprint density at radius 2 is 1.05 bits per heavy atom. The van der Waals surface area contributed by atoms with Gasteiger partial charge in [0.1, 0.15) is 0 Å². The Morgan fingerprint density at radius 1 is 0.486 bits per heavy atom. The smallest absolute Gasteiger partial charge is 0.0991 e. The van der Waals surface area contributed by atoms with E-state index in [-0.39, 0.29) is 7.43 Å².